The zero-order valence-electron chi connectivity index (χ0n) is 11.1. The van der Waals surface area contributed by atoms with Gasteiger partial charge in [-0.3, -0.25) is 0 Å². The molecule has 4 nitrogen and oxygen atoms in total. The number of hydrogen-bond donors (Lipinski definition) is 1. The van der Waals surface area contributed by atoms with Crippen LogP contribution in [-0.2, 0) is 0 Å². The van der Waals surface area contributed by atoms with Gasteiger partial charge in [-0.1, -0.05) is 38.2 Å². The molecule has 0 aliphatic heterocycles. The summed E-state index contributed by atoms with van der Waals surface area (Å²) in [7, 11) is 1.95. The first-order valence-corrected chi connectivity index (χ1v) is 7.15. The van der Waals surface area contributed by atoms with Crippen molar-refractivity contribution in [3.05, 3.63) is 35.7 Å². The summed E-state index contributed by atoms with van der Waals surface area (Å²) in [4.78, 5) is 6.89. The third-order valence-corrected chi connectivity index (χ3v) is 3.79. The number of nitrogens with zero attached hydrogens (tertiary/aromatic N) is 3. The monoisotopic (exact) mass is 292 g/mol. The minimum Gasteiger partial charge on any atom is -0.389 e. The number of anilines is 2. The summed E-state index contributed by atoms with van der Waals surface area (Å²) in [6.45, 7) is 4.16. The lowest BCUT2D eigenvalue weighted by molar-refractivity contribution is 0.798. The van der Waals surface area contributed by atoms with Crippen LogP contribution in [0.4, 0.5) is 10.8 Å². The normalized spacial score (nSPS) is 10.7. The molecule has 0 fully saturated rings. The van der Waals surface area contributed by atoms with Crippen LogP contribution in [0.2, 0.25) is 0 Å². The maximum atomic E-state index is 5.76. The molecule has 2 rings (SSSR count). The molecule has 19 heavy (non-hydrogen) atoms. The van der Waals surface area contributed by atoms with Crippen LogP contribution in [0.5, 0.6) is 0 Å². The number of aromatic nitrogens is 2. The molecule has 100 valence electrons. The molecule has 0 unspecified atom stereocenters. The van der Waals surface area contributed by atoms with E-state index < -0.39 is 0 Å². The highest BCUT2D eigenvalue weighted by atomic mass is 32.1. The summed E-state index contributed by atoms with van der Waals surface area (Å²) < 4.78 is 4.36. The number of para-hydroxylation sites is 1. The molecule has 0 saturated carbocycles. The van der Waals surface area contributed by atoms with Gasteiger partial charge in [0.15, 0.2) is 0 Å². The predicted octanol–water partition coefficient (Wildman–Crippen LogP) is 3.06. The molecular formula is C13H16N4S2. The molecule has 0 atom stereocenters. The minimum atomic E-state index is 0.323. The molecule has 6 heteroatoms. The van der Waals surface area contributed by atoms with Crippen LogP contribution in [0.3, 0.4) is 0 Å². The molecule has 2 N–H and O–H groups in total. The van der Waals surface area contributed by atoms with E-state index in [1.807, 2.05) is 36.2 Å². The number of hydrogen-bond acceptors (Lipinski definition) is 5. The Labute approximate surface area is 122 Å². The second-order valence-corrected chi connectivity index (χ2v) is 5.70. The van der Waals surface area contributed by atoms with Crippen molar-refractivity contribution in [3.63, 3.8) is 0 Å². The van der Waals surface area contributed by atoms with Crippen LogP contribution in [0, 0.1) is 0 Å². The summed E-state index contributed by atoms with van der Waals surface area (Å²) in [6, 6.07) is 7.77. The van der Waals surface area contributed by atoms with E-state index in [4.69, 9.17) is 18.0 Å². The molecule has 0 bridgehead atoms. The van der Waals surface area contributed by atoms with Gasteiger partial charge < -0.3 is 10.6 Å². The molecule has 1 aromatic carbocycles. The fourth-order valence-corrected chi connectivity index (χ4v) is 2.63. The first kappa shape index (κ1) is 13.9. The van der Waals surface area contributed by atoms with Gasteiger partial charge in [-0.15, -0.1) is 0 Å². The topological polar surface area (TPSA) is 55.0 Å². The fourth-order valence-electron chi connectivity index (χ4n) is 1.67. The molecule has 1 aromatic heterocycles. The van der Waals surface area contributed by atoms with Crippen molar-refractivity contribution in [2.75, 3.05) is 11.9 Å². The van der Waals surface area contributed by atoms with Crippen molar-refractivity contribution in [2.24, 2.45) is 5.73 Å². The zero-order chi connectivity index (χ0) is 14.0. The second-order valence-electron chi connectivity index (χ2n) is 4.53. The van der Waals surface area contributed by atoms with Crippen molar-refractivity contribution < 1.29 is 0 Å². The van der Waals surface area contributed by atoms with Crippen LogP contribution in [-0.4, -0.2) is 21.4 Å². The van der Waals surface area contributed by atoms with Crippen LogP contribution in [0.15, 0.2) is 24.3 Å². The number of nitrogens with two attached hydrogens (primary N) is 1. The quantitative estimate of drug-likeness (QED) is 0.878. The maximum Gasteiger partial charge on any atom is 0.209 e. The molecule has 0 aliphatic rings. The van der Waals surface area contributed by atoms with E-state index in [0.717, 1.165) is 22.2 Å². The Bertz CT molecular complexity index is 592. The average Bonchev–Trinajstić information content (AvgIpc) is 2.87. The lowest BCUT2D eigenvalue weighted by Crippen LogP contribution is -2.17. The third kappa shape index (κ3) is 2.90. The van der Waals surface area contributed by atoms with E-state index in [0.29, 0.717) is 10.9 Å². The van der Waals surface area contributed by atoms with E-state index in [2.05, 4.69) is 23.2 Å². The molecule has 1 heterocycles. The Morgan fingerprint density at radius 3 is 2.63 bits per heavy atom. The maximum absolute atomic E-state index is 5.76. The van der Waals surface area contributed by atoms with Gasteiger partial charge in [0, 0.05) is 30.1 Å². The van der Waals surface area contributed by atoms with Crippen molar-refractivity contribution in [3.8, 4) is 0 Å². The number of rotatable bonds is 4. The Balaban J connectivity index is 2.38. The van der Waals surface area contributed by atoms with E-state index in [9.17, 15) is 0 Å². The largest absolute Gasteiger partial charge is 0.389 e. The van der Waals surface area contributed by atoms with Crippen LogP contribution >= 0.6 is 23.8 Å². The lowest BCUT2D eigenvalue weighted by atomic mass is 10.1. The lowest BCUT2D eigenvalue weighted by Gasteiger charge is -2.18. The molecule has 0 amide bonds. The van der Waals surface area contributed by atoms with Crippen LogP contribution < -0.4 is 10.6 Å². The average molecular weight is 292 g/mol. The highest BCUT2D eigenvalue weighted by Gasteiger charge is 2.15. The molecule has 0 saturated heterocycles. The van der Waals surface area contributed by atoms with E-state index in [1.165, 1.54) is 11.5 Å². The standard InChI is InChI=1S/C13H16N4S2/c1-8(2)12-15-13(19-16-12)17(3)10-7-5-4-6-9(10)11(14)18/h4-8H,1-3H3,(H2,14,18). The SMILES string of the molecule is CC(C)c1nsc(N(C)c2ccccc2C(N)=S)n1. The minimum absolute atomic E-state index is 0.323. The molecule has 0 aliphatic carbocycles. The Morgan fingerprint density at radius 1 is 1.37 bits per heavy atom. The first-order valence-electron chi connectivity index (χ1n) is 5.97. The summed E-state index contributed by atoms with van der Waals surface area (Å²) in [5.74, 6) is 1.18. The van der Waals surface area contributed by atoms with Gasteiger partial charge >= 0.3 is 0 Å². The summed E-state index contributed by atoms with van der Waals surface area (Å²) in [5.41, 5.74) is 7.55. The first-order chi connectivity index (χ1) is 9.00. The molecule has 2 aromatic rings. The van der Waals surface area contributed by atoms with Crippen molar-refractivity contribution >= 4 is 39.6 Å². The van der Waals surface area contributed by atoms with Gasteiger partial charge in [-0.25, -0.2) is 4.98 Å². The van der Waals surface area contributed by atoms with Crippen molar-refractivity contribution in [1.29, 1.82) is 0 Å². The molecule has 0 radical (unpaired) electrons. The highest BCUT2D eigenvalue weighted by molar-refractivity contribution is 7.80. The van der Waals surface area contributed by atoms with Gasteiger partial charge in [0.1, 0.15) is 10.8 Å². The Morgan fingerprint density at radius 2 is 2.05 bits per heavy atom. The smallest absolute Gasteiger partial charge is 0.209 e. The third-order valence-electron chi connectivity index (χ3n) is 2.77. The van der Waals surface area contributed by atoms with Crippen LogP contribution in [0.25, 0.3) is 0 Å². The second kappa shape index (κ2) is 5.63. The number of thiocarbonyl (C=S) groups is 1. The van der Waals surface area contributed by atoms with E-state index in [-0.39, 0.29) is 0 Å². The zero-order valence-corrected chi connectivity index (χ0v) is 12.8. The summed E-state index contributed by atoms with van der Waals surface area (Å²) >= 11 is 6.47. The predicted molar refractivity (Wildman–Crippen MR) is 84.4 cm³/mol. The molecular weight excluding hydrogens is 276 g/mol. The molecule has 0 spiro atoms. The van der Waals surface area contributed by atoms with Gasteiger partial charge in [0.2, 0.25) is 5.13 Å². The van der Waals surface area contributed by atoms with Crippen molar-refractivity contribution in [2.45, 2.75) is 19.8 Å². The van der Waals surface area contributed by atoms with Crippen LogP contribution in [0.1, 0.15) is 31.2 Å². The number of benzene rings is 1. The fraction of sp³-hybridized carbons (Fsp3) is 0.308. The highest BCUT2D eigenvalue weighted by Crippen LogP contribution is 2.29. The van der Waals surface area contributed by atoms with E-state index in [1.54, 1.807) is 0 Å². The summed E-state index contributed by atoms with van der Waals surface area (Å²) in [5, 5.41) is 0.840. The summed E-state index contributed by atoms with van der Waals surface area (Å²) in [6.07, 6.45) is 0. The van der Waals surface area contributed by atoms with Gasteiger partial charge in [-0.2, -0.15) is 4.37 Å². The Hall–Kier alpha value is -1.53. The Kier molecular flexibility index (Phi) is 4.11. The van der Waals surface area contributed by atoms with Gasteiger partial charge in [-0.05, 0) is 12.1 Å². The van der Waals surface area contributed by atoms with Crippen molar-refractivity contribution in [1.82, 2.24) is 9.36 Å². The van der Waals surface area contributed by atoms with Gasteiger partial charge in [0.05, 0.1) is 5.69 Å². The van der Waals surface area contributed by atoms with Gasteiger partial charge in [0.25, 0.3) is 0 Å². The van der Waals surface area contributed by atoms with E-state index >= 15 is 0 Å².